The van der Waals surface area contributed by atoms with Crippen molar-refractivity contribution >= 4 is 12.7 Å². The Hall–Kier alpha value is -1.41. The number of rotatable bonds is 6. The van der Waals surface area contributed by atoms with Gasteiger partial charge < -0.3 is 9.63 Å². The van der Waals surface area contributed by atoms with Crippen molar-refractivity contribution in [2.24, 2.45) is 17.8 Å². The SMILES string of the molecule is CC(C)[C@@H]1CC[C@@H](C)C[C@H]1OP(=O)(c1ccccc1)[C@@](C)(O)c1ccccc1. The van der Waals surface area contributed by atoms with Gasteiger partial charge in [0.05, 0.1) is 6.10 Å². The van der Waals surface area contributed by atoms with E-state index < -0.39 is 12.7 Å². The molecule has 152 valence electrons. The quantitative estimate of drug-likeness (QED) is 0.611. The molecular weight excluding hydrogens is 367 g/mol. The zero-order valence-corrected chi connectivity index (χ0v) is 18.3. The van der Waals surface area contributed by atoms with Gasteiger partial charge in [-0.3, -0.25) is 4.57 Å². The lowest BCUT2D eigenvalue weighted by molar-refractivity contribution is 0.0310. The third-order valence-corrected chi connectivity index (χ3v) is 9.19. The van der Waals surface area contributed by atoms with Gasteiger partial charge >= 0.3 is 0 Å². The normalized spacial score (nSPS) is 27.1. The predicted octanol–water partition coefficient (Wildman–Crippen LogP) is 5.93. The molecule has 0 spiro atoms. The molecule has 0 heterocycles. The van der Waals surface area contributed by atoms with Gasteiger partial charge in [0.2, 0.25) is 0 Å². The molecule has 2 aromatic rings. The van der Waals surface area contributed by atoms with Gasteiger partial charge in [-0.15, -0.1) is 0 Å². The van der Waals surface area contributed by atoms with E-state index in [2.05, 4.69) is 20.8 Å². The van der Waals surface area contributed by atoms with Crippen molar-refractivity contribution in [3.05, 3.63) is 66.2 Å². The van der Waals surface area contributed by atoms with E-state index in [9.17, 15) is 9.67 Å². The highest BCUT2D eigenvalue weighted by molar-refractivity contribution is 7.67. The van der Waals surface area contributed by atoms with Crippen LogP contribution in [-0.2, 0) is 14.4 Å². The van der Waals surface area contributed by atoms with Gasteiger partial charge in [-0.2, -0.15) is 0 Å². The van der Waals surface area contributed by atoms with Crippen LogP contribution in [0.3, 0.4) is 0 Å². The molecule has 2 aromatic carbocycles. The first-order valence-electron chi connectivity index (χ1n) is 10.4. The van der Waals surface area contributed by atoms with Crippen LogP contribution in [0.25, 0.3) is 0 Å². The molecule has 0 radical (unpaired) electrons. The molecule has 1 aliphatic carbocycles. The Morgan fingerprint density at radius 2 is 1.61 bits per heavy atom. The fourth-order valence-corrected chi connectivity index (χ4v) is 6.90. The second kappa shape index (κ2) is 8.53. The number of aliphatic hydroxyl groups is 1. The predicted molar refractivity (Wildman–Crippen MR) is 116 cm³/mol. The fourth-order valence-electron chi connectivity index (χ4n) is 4.39. The molecule has 0 aromatic heterocycles. The van der Waals surface area contributed by atoms with Gasteiger partial charge in [0.25, 0.3) is 7.37 Å². The summed E-state index contributed by atoms with van der Waals surface area (Å²) in [7, 11) is -3.61. The van der Waals surface area contributed by atoms with Crippen molar-refractivity contribution in [1.29, 1.82) is 0 Å². The summed E-state index contributed by atoms with van der Waals surface area (Å²) in [6.45, 7) is 8.28. The molecule has 0 saturated heterocycles. The smallest absolute Gasteiger partial charge is 0.267 e. The van der Waals surface area contributed by atoms with Crippen molar-refractivity contribution in [2.45, 2.75) is 58.4 Å². The zero-order valence-electron chi connectivity index (χ0n) is 17.4. The largest absolute Gasteiger partial charge is 0.375 e. The molecular formula is C24H33O3P. The molecule has 1 aliphatic rings. The highest BCUT2D eigenvalue weighted by Crippen LogP contribution is 2.63. The van der Waals surface area contributed by atoms with Crippen molar-refractivity contribution in [3.63, 3.8) is 0 Å². The third-order valence-electron chi connectivity index (χ3n) is 6.24. The first kappa shape index (κ1) is 21.3. The maximum atomic E-state index is 14.5. The summed E-state index contributed by atoms with van der Waals surface area (Å²) < 4.78 is 21.0. The van der Waals surface area contributed by atoms with E-state index in [0.717, 1.165) is 12.8 Å². The number of benzene rings is 2. The van der Waals surface area contributed by atoms with Gasteiger partial charge in [0.15, 0.2) is 5.34 Å². The fraction of sp³-hybridized carbons (Fsp3) is 0.500. The van der Waals surface area contributed by atoms with Crippen LogP contribution in [0.15, 0.2) is 60.7 Å². The molecule has 3 rings (SSSR count). The summed E-state index contributed by atoms with van der Waals surface area (Å²) in [4.78, 5) is 0. The zero-order chi connectivity index (χ0) is 20.4. The van der Waals surface area contributed by atoms with Crippen LogP contribution in [0.1, 0.15) is 52.5 Å². The Balaban J connectivity index is 2.06. The van der Waals surface area contributed by atoms with E-state index in [-0.39, 0.29) is 6.10 Å². The third kappa shape index (κ3) is 4.13. The van der Waals surface area contributed by atoms with Gasteiger partial charge in [0.1, 0.15) is 0 Å². The molecule has 0 bridgehead atoms. The van der Waals surface area contributed by atoms with Gasteiger partial charge in [-0.05, 0) is 55.2 Å². The van der Waals surface area contributed by atoms with Crippen molar-refractivity contribution in [3.8, 4) is 0 Å². The van der Waals surface area contributed by atoms with Gasteiger partial charge in [-0.25, -0.2) is 0 Å². The average Bonchev–Trinajstić information content (AvgIpc) is 2.69. The first-order chi connectivity index (χ1) is 13.3. The molecule has 1 saturated carbocycles. The van der Waals surface area contributed by atoms with Crippen LogP contribution in [-0.4, -0.2) is 11.2 Å². The molecule has 1 fully saturated rings. The molecule has 4 heteroatoms. The number of hydrogen-bond acceptors (Lipinski definition) is 3. The van der Waals surface area contributed by atoms with Gasteiger partial charge in [0, 0.05) is 5.30 Å². The molecule has 1 N–H and O–H groups in total. The van der Waals surface area contributed by atoms with Crippen molar-refractivity contribution in [2.75, 3.05) is 0 Å². The topological polar surface area (TPSA) is 46.5 Å². The molecule has 0 aliphatic heterocycles. The summed E-state index contributed by atoms with van der Waals surface area (Å²) in [5.74, 6) is 1.33. The molecule has 28 heavy (non-hydrogen) atoms. The molecule has 0 amide bonds. The van der Waals surface area contributed by atoms with Crippen LogP contribution in [0.5, 0.6) is 0 Å². The first-order valence-corrected chi connectivity index (χ1v) is 12.0. The van der Waals surface area contributed by atoms with E-state index >= 15 is 0 Å². The van der Waals surface area contributed by atoms with E-state index in [1.54, 1.807) is 6.92 Å². The summed E-state index contributed by atoms with van der Waals surface area (Å²) >= 11 is 0. The lowest BCUT2D eigenvalue weighted by Crippen LogP contribution is -2.38. The van der Waals surface area contributed by atoms with E-state index in [0.29, 0.717) is 28.6 Å². The lowest BCUT2D eigenvalue weighted by Gasteiger charge is -2.42. The van der Waals surface area contributed by atoms with Crippen LogP contribution >= 0.6 is 7.37 Å². The minimum Gasteiger partial charge on any atom is -0.375 e. The van der Waals surface area contributed by atoms with Crippen LogP contribution in [0, 0.1) is 17.8 Å². The summed E-state index contributed by atoms with van der Waals surface area (Å²) in [6.07, 6.45) is 3.01. The van der Waals surface area contributed by atoms with E-state index in [1.807, 2.05) is 60.7 Å². The Kier molecular flexibility index (Phi) is 6.49. The maximum Gasteiger partial charge on any atom is 0.267 e. The highest BCUT2D eigenvalue weighted by atomic mass is 31.2. The second-order valence-corrected chi connectivity index (χ2v) is 11.4. The Morgan fingerprint density at radius 3 is 2.18 bits per heavy atom. The molecule has 1 unspecified atom stereocenters. The monoisotopic (exact) mass is 400 g/mol. The summed E-state index contributed by atoms with van der Waals surface area (Å²) in [5, 5.41) is 10.6. The Bertz CT molecular complexity index is 801. The van der Waals surface area contributed by atoms with Crippen molar-refractivity contribution in [1.82, 2.24) is 0 Å². The number of hydrogen-bond donors (Lipinski definition) is 1. The highest BCUT2D eigenvalue weighted by Gasteiger charge is 2.50. The van der Waals surface area contributed by atoms with Crippen LogP contribution in [0.4, 0.5) is 0 Å². The molecule has 5 atom stereocenters. The second-order valence-electron chi connectivity index (χ2n) is 8.74. The van der Waals surface area contributed by atoms with E-state index in [1.165, 1.54) is 6.42 Å². The Morgan fingerprint density at radius 1 is 1.04 bits per heavy atom. The standard InChI is InChI=1S/C24H33O3P/c1-18(2)22-16-15-19(3)17-23(22)27-28(26,21-13-9-6-10-14-21)24(4,25)20-11-7-5-8-12-20/h5-14,18-19,22-23,25H,15-17H2,1-4H3/t19-,22+,23-,24-,28?/m1/s1. The van der Waals surface area contributed by atoms with E-state index in [4.69, 9.17) is 4.52 Å². The van der Waals surface area contributed by atoms with Crippen molar-refractivity contribution < 1.29 is 14.2 Å². The average molecular weight is 400 g/mol. The molecule has 3 nitrogen and oxygen atoms in total. The maximum absolute atomic E-state index is 14.5. The van der Waals surface area contributed by atoms with Gasteiger partial charge in [-0.1, -0.05) is 75.7 Å². The summed E-state index contributed by atoms with van der Waals surface area (Å²) in [6, 6.07) is 18.5. The Labute approximate surface area is 169 Å². The van der Waals surface area contributed by atoms with Crippen LogP contribution < -0.4 is 5.30 Å². The minimum absolute atomic E-state index is 0.120. The minimum atomic E-state index is -3.61. The van der Waals surface area contributed by atoms with Crippen LogP contribution in [0.2, 0.25) is 0 Å². The summed E-state index contributed by atoms with van der Waals surface area (Å²) in [5.41, 5.74) is 0.618. The lowest BCUT2D eigenvalue weighted by atomic mass is 9.75.